The van der Waals surface area contributed by atoms with Crippen molar-refractivity contribution in [1.82, 2.24) is 10.2 Å². The largest absolute Gasteiger partial charge is 0.298 e. The smallest absolute Gasteiger partial charge is 0.219 e. The molecule has 1 aromatic heterocycles. The minimum Gasteiger partial charge on any atom is -0.298 e. The van der Waals surface area contributed by atoms with Gasteiger partial charge in [0.1, 0.15) is 5.01 Å². The zero-order chi connectivity index (χ0) is 11.4. The first-order chi connectivity index (χ1) is 7.78. The van der Waals surface area contributed by atoms with Crippen LogP contribution in [0.1, 0.15) is 10.6 Å². The highest BCUT2D eigenvalue weighted by Crippen LogP contribution is 2.25. The Morgan fingerprint density at radius 3 is 3.00 bits per heavy atom. The number of aromatic nitrogens is 2. The van der Waals surface area contributed by atoms with Crippen molar-refractivity contribution >= 4 is 28.2 Å². The highest BCUT2D eigenvalue weighted by atomic mass is 32.2. The van der Waals surface area contributed by atoms with Crippen LogP contribution in [0.4, 0.5) is 5.13 Å². The van der Waals surface area contributed by atoms with Crippen LogP contribution in [0.25, 0.3) is 0 Å². The van der Waals surface area contributed by atoms with E-state index in [4.69, 9.17) is 5.84 Å². The van der Waals surface area contributed by atoms with Gasteiger partial charge in [-0.15, -0.1) is 22.0 Å². The van der Waals surface area contributed by atoms with Gasteiger partial charge in [-0.25, -0.2) is 5.84 Å². The van der Waals surface area contributed by atoms with Crippen molar-refractivity contribution in [2.24, 2.45) is 5.84 Å². The van der Waals surface area contributed by atoms with E-state index in [-0.39, 0.29) is 0 Å². The lowest BCUT2D eigenvalue weighted by Crippen LogP contribution is -2.05. The first-order valence-electron chi connectivity index (χ1n) is 4.76. The van der Waals surface area contributed by atoms with Crippen molar-refractivity contribution in [1.29, 1.82) is 0 Å². The van der Waals surface area contributed by atoms with Crippen molar-refractivity contribution in [3.8, 4) is 0 Å². The van der Waals surface area contributed by atoms with Crippen LogP contribution in [0.5, 0.6) is 0 Å². The van der Waals surface area contributed by atoms with Gasteiger partial charge in [-0.1, -0.05) is 29.0 Å². The summed E-state index contributed by atoms with van der Waals surface area (Å²) in [5.74, 6) is 6.06. The number of nitrogens with one attached hydrogen (secondary N) is 1. The fraction of sp³-hybridized carbons (Fsp3) is 0.200. The van der Waals surface area contributed by atoms with E-state index in [0.29, 0.717) is 5.13 Å². The minimum absolute atomic E-state index is 0.653. The second-order valence-electron chi connectivity index (χ2n) is 3.25. The van der Waals surface area contributed by atoms with Crippen molar-refractivity contribution in [3.63, 3.8) is 0 Å². The molecule has 1 aromatic carbocycles. The summed E-state index contributed by atoms with van der Waals surface area (Å²) in [4.78, 5) is 1.25. The molecule has 0 unspecified atom stereocenters. The van der Waals surface area contributed by atoms with Gasteiger partial charge in [0, 0.05) is 4.90 Å². The monoisotopic (exact) mass is 252 g/mol. The molecule has 0 radical (unpaired) electrons. The summed E-state index contributed by atoms with van der Waals surface area (Å²) >= 11 is 3.23. The number of rotatable bonds is 4. The molecule has 0 fully saturated rings. The number of aryl methyl sites for hydroxylation is 1. The summed E-state index contributed by atoms with van der Waals surface area (Å²) in [7, 11) is 0. The number of thioether (sulfide) groups is 1. The second kappa shape index (κ2) is 5.29. The molecule has 84 valence electrons. The predicted octanol–water partition coefficient (Wildman–Crippen LogP) is 2.42. The van der Waals surface area contributed by atoms with Gasteiger partial charge < -0.3 is 0 Å². The zero-order valence-corrected chi connectivity index (χ0v) is 10.4. The van der Waals surface area contributed by atoms with Gasteiger partial charge in [0.15, 0.2) is 0 Å². The van der Waals surface area contributed by atoms with Crippen LogP contribution < -0.4 is 11.3 Å². The number of nitrogens with zero attached hydrogens (tertiary/aromatic N) is 2. The molecule has 16 heavy (non-hydrogen) atoms. The fourth-order valence-electron chi connectivity index (χ4n) is 1.22. The molecular formula is C10H12N4S2. The summed E-state index contributed by atoms with van der Waals surface area (Å²) in [6, 6.07) is 8.41. The van der Waals surface area contributed by atoms with Gasteiger partial charge >= 0.3 is 0 Å². The van der Waals surface area contributed by atoms with E-state index in [0.717, 1.165) is 10.8 Å². The number of nitrogen functional groups attached to an aromatic ring is 1. The minimum atomic E-state index is 0.653. The van der Waals surface area contributed by atoms with Gasteiger partial charge in [0.25, 0.3) is 0 Å². The number of hydrogen-bond acceptors (Lipinski definition) is 6. The third-order valence-electron chi connectivity index (χ3n) is 1.94. The van der Waals surface area contributed by atoms with Crippen LogP contribution in [-0.2, 0) is 5.75 Å². The molecule has 0 spiro atoms. The van der Waals surface area contributed by atoms with Crippen LogP contribution in [0.3, 0.4) is 0 Å². The molecular weight excluding hydrogens is 240 g/mol. The Morgan fingerprint density at radius 2 is 2.31 bits per heavy atom. The van der Waals surface area contributed by atoms with E-state index < -0.39 is 0 Å². The zero-order valence-electron chi connectivity index (χ0n) is 8.80. The lowest BCUT2D eigenvalue weighted by molar-refractivity contribution is 1.03. The molecule has 0 aliphatic carbocycles. The molecule has 2 rings (SSSR count). The van der Waals surface area contributed by atoms with Gasteiger partial charge in [-0.2, -0.15) is 0 Å². The molecule has 1 heterocycles. The van der Waals surface area contributed by atoms with Crippen molar-refractivity contribution in [2.75, 3.05) is 5.43 Å². The molecule has 0 aliphatic rings. The van der Waals surface area contributed by atoms with E-state index in [2.05, 4.69) is 46.8 Å². The standard InChI is InChI=1S/C10H12N4S2/c1-7-3-2-4-8(5-7)15-6-9-13-14-10(12-11)16-9/h2-5H,6,11H2,1H3,(H,12,14). The molecule has 0 saturated heterocycles. The number of hydrazine groups is 1. The topological polar surface area (TPSA) is 63.8 Å². The first-order valence-corrected chi connectivity index (χ1v) is 6.56. The molecule has 0 amide bonds. The molecule has 0 bridgehead atoms. The van der Waals surface area contributed by atoms with E-state index in [1.165, 1.54) is 21.8 Å². The molecule has 0 aliphatic heterocycles. The van der Waals surface area contributed by atoms with Crippen molar-refractivity contribution in [2.45, 2.75) is 17.6 Å². The summed E-state index contributed by atoms with van der Waals surface area (Å²) in [6.45, 7) is 2.09. The summed E-state index contributed by atoms with van der Waals surface area (Å²) in [6.07, 6.45) is 0. The lowest BCUT2D eigenvalue weighted by Gasteiger charge is -1.99. The molecule has 0 saturated carbocycles. The molecule has 4 nitrogen and oxygen atoms in total. The number of anilines is 1. The Hall–Kier alpha value is -1.11. The van der Waals surface area contributed by atoms with Crippen LogP contribution in [0.2, 0.25) is 0 Å². The third kappa shape index (κ3) is 2.94. The van der Waals surface area contributed by atoms with Gasteiger partial charge in [-0.3, -0.25) is 5.43 Å². The summed E-state index contributed by atoms with van der Waals surface area (Å²) in [5, 5.41) is 9.54. The van der Waals surface area contributed by atoms with E-state index in [1.807, 2.05) is 0 Å². The maximum Gasteiger partial charge on any atom is 0.219 e. The van der Waals surface area contributed by atoms with Crippen LogP contribution in [0, 0.1) is 6.92 Å². The SMILES string of the molecule is Cc1cccc(SCc2nnc(NN)s2)c1. The van der Waals surface area contributed by atoms with Crippen LogP contribution in [0.15, 0.2) is 29.2 Å². The Labute approximate surface area is 102 Å². The summed E-state index contributed by atoms with van der Waals surface area (Å²) < 4.78 is 0. The number of hydrogen-bond donors (Lipinski definition) is 2. The fourth-order valence-corrected chi connectivity index (χ4v) is 2.87. The maximum atomic E-state index is 5.24. The second-order valence-corrected chi connectivity index (χ2v) is 5.36. The molecule has 3 N–H and O–H groups in total. The molecule has 0 atom stereocenters. The Balaban J connectivity index is 1.96. The highest BCUT2D eigenvalue weighted by Gasteiger charge is 2.03. The van der Waals surface area contributed by atoms with E-state index in [9.17, 15) is 0 Å². The van der Waals surface area contributed by atoms with Gasteiger partial charge in [-0.05, 0) is 19.1 Å². The lowest BCUT2D eigenvalue weighted by atomic mass is 10.2. The van der Waals surface area contributed by atoms with Crippen LogP contribution in [-0.4, -0.2) is 10.2 Å². The molecule has 2 aromatic rings. The van der Waals surface area contributed by atoms with Crippen LogP contribution >= 0.6 is 23.1 Å². The Bertz CT molecular complexity index is 469. The normalized spacial score (nSPS) is 10.4. The number of benzene rings is 1. The van der Waals surface area contributed by atoms with Gasteiger partial charge in [0.2, 0.25) is 5.13 Å². The van der Waals surface area contributed by atoms with E-state index >= 15 is 0 Å². The quantitative estimate of drug-likeness (QED) is 0.497. The average Bonchev–Trinajstić information content (AvgIpc) is 2.74. The maximum absolute atomic E-state index is 5.24. The Kier molecular flexibility index (Phi) is 3.76. The van der Waals surface area contributed by atoms with Crippen molar-refractivity contribution in [3.05, 3.63) is 34.8 Å². The average molecular weight is 252 g/mol. The first kappa shape index (κ1) is 11.4. The van der Waals surface area contributed by atoms with Gasteiger partial charge in [0.05, 0.1) is 5.75 Å². The molecule has 6 heteroatoms. The number of nitrogens with two attached hydrogens (primary N) is 1. The predicted molar refractivity (Wildman–Crippen MR) is 68.5 cm³/mol. The summed E-state index contributed by atoms with van der Waals surface area (Å²) in [5.41, 5.74) is 3.76. The van der Waals surface area contributed by atoms with Crippen molar-refractivity contribution < 1.29 is 0 Å². The highest BCUT2D eigenvalue weighted by molar-refractivity contribution is 7.98. The van der Waals surface area contributed by atoms with E-state index in [1.54, 1.807) is 11.8 Å². The third-order valence-corrected chi connectivity index (χ3v) is 3.98. The Morgan fingerprint density at radius 1 is 1.44 bits per heavy atom.